The third-order valence-electron chi connectivity index (χ3n) is 6.98. The number of hydrogen-bond donors (Lipinski definition) is 1. The van der Waals surface area contributed by atoms with Crippen LogP contribution in [0.5, 0.6) is 17.2 Å². The predicted molar refractivity (Wildman–Crippen MR) is 131 cm³/mol. The van der Waals surface area contributed by atoms with Crippen molar-refractivity contribution in [1.29, 1.82) is 0 Å². The number of methoxy groups -OCH3 is 1. The molecule has 6 rings (SSSR count). The molecule has 0 spiro atoms. The van der Waals surface area contributed by atoms with E-state index in [1.54, 1.807) is 7.11 Å². The molecule has 186 valence electrons. The van der Waals surface area contributed by atoms with E-state index in [2.05, 4.69) is 16.3 Å². The summed E-state index contributed by atoms with van der Waals surface area (Å²) >= 11 is 0. The second kappa shape index (κ2) is 10.6. The van der Waals surface area contributed by atoms with Gasteiger partial charge in [-0.1, -0.05) is 12.1 Å². The Kier molecular flexibility index (Phi) is 7.08. The van der Waals surface area contributed by atoms with Crippen molar-refractivity contribution in [3.63, 3.8) is 0 Å². The molecule has 0 saturated carbocycles. The molecule has 2 aromatic rings. The highest BCUT2D eigenvalue weighted by atomic mass is 16.5. The van der Waals surface area contributed by atoms with Crippen molar-refractivity contribution in [2.45, 2.75) is 31.7 Å². The number of nitrogens with one attached hydrogen (secondary N) is 1. The average Bonchev–Trinajstić information content (AvgIpc) is 3.38. The molecule has 2 amide bonds. The second-order valence-corrected chi connectivity index (χ2v) is 9.34. The Morgan fingerprint density at radius 1 is 1.11 bits per heavy atom. The lowest BCUT2D eigenvalue weighted by Gasteiger charge is -2.39. The Balaban J connectivity index is 1.56. The summed E-state index contributed by atoms with van der Waals surface area (Å²) < 4.78 is 17.5. The van der Waals surface area contributed by atoms with Gasteiger partial charge in [-0.15, -0.1) is 0 Å². The van der Waals surface area contributed by atoms with Crippen molar-refractivity contribution in [1.82, 2.24) is 15.1 Å². The van der Waals surface area contributed by atoms with Gasteiger partial charge in [-0.05, 0) is 79.7 Å². The summed E-state index contributed by atoms with van der Waals surface area (Å²) in [5, 5.41) is 2.86. The topological polar surface area (TPSA) is 80.3 Å². The summed E-state index contributed by atoms with van der Waals surface area (Å²) in [7, 11) is 1.59. The molecule has 2 aromatic carbocycles. The van der Waals surface area contributed by atoms with Crippen molar-refractivity contribution in [3.05, 3.63) is 53.1 Å². The minimum atomic E-state index is -0.253. The van der Waals surface area contributed by atoms with Crippen LogP contribution >= 0.6 is 0 Å². The lowest BCUT2D eigenvalue weighted by Crippen LogP contribution is -2.45. The van der Waals surface area contributed by atoms with Crippen LogP contribution in [0.15, 0.2) is 36.4 Å². The molecule has 0 aliphatic carbocycles. The number of nitrogens with zero attached hydrogens (tertiary/aromatic N) is 2. The zero-order valence-electron chi connectivity index (χ0n) is 20.3. The Morgan fingerprint density at radius 3 is 2.80 bits per heavy atom. The number of hydrogen-bond acceptors (Lipinski definition) is 6. The van der Waals surface area contributed by atoms with Crippen LogP contribution in [0.4, 0.5) is 0 Å². The van der Waals surface area contributed by atoms with Gasteiger partial charge in [0, 0.05) is 13.1 Å². The van der Waals surface area contributed by atoms with Crippen LogP contribution in [0, 0.1) is 0 Å². The largest absolute Gasteiger partial charge is 0.494 e. The van der Waals surface area contributed by atoms with Crippen molar-refractivity contribution in [3.8, 4) is 17.2 Å². The Hall–Kier alpha value is -3.26. The van der Waals surface area contributed by atoms with Crippen LogP contribution in [0.25, 0.3) is 0 Å². The summed E-state index contributed by atoms with van der Waals surface area (Å²) in [6, 6.07) is 11.7. The maximum absolute atomic E-state index is 13.6. The molecule has 1 atom stereocenters. The van der Waals surface area contributed by atoms with Crippen LogP contribution in [0.1, 0.15) is 42.0 Å². The van der Waals surface area contributed by atoms with Crippen molar-refractivity contribution >= 4 is 11.8 Å². The molecule has 1 saturated heterocycles. The molecular weight excluding hydrogens is 446 g/mol. The van der Waals surface area contributed by atoms with Gasteiger partial charge in [-0.3, -0.25) is 14.5 Å². The molecule has 0 aromatic heterocycles. The molecule has 4 aliphatic heterocycles. The molecule has 4 aliphatic rings. The van der Waals surface area contributed by atoms with Gasteiger partial charge >= 0.3 is 0 Å². The first-order chi connectivity index (χ1) is 17.1. The minimum Gasteiger partial charge on any atom is -0.494 e. The average molecular weight is 480 g/mol. The van der Waals surface area contributed by atoms with E-state index in [-0.39, 0.29) is 24.5 Å². The first-order valence-corrected chi connectivity index (χ1v) is 12.5. The molecule has 8 heteroatoms. The fourth-order valence-electron chi connectivity index (χ4n) is 5.21. The molecule has 1 unspecified atom stereocenters. The lowest BCUT2D eigenvalue weighted by atomic mass is 9.87. The Morgan fingerprint density at radius 2 is 1.97 bits per heavy atom. The smallest absolute Gasteiger partial charge is 0.257 e. The molecule has 6 bridgehead atoms. The van der Waals surface area contributed by atoms with Crippen LogP contribution in [0.3, 0.4) is 0 Å². The molecular formula is C27H33N3O5. The molecule has 1 fully saturated rings. The first kappa shape index (κ1) is 23.5. The van der Waals surface area contributed by atoms with E-state index in [1.165, 1.54) is 0 Å². The van der Waals surface area contributed by atoms with Gasteiger partial charge in [0.25, 0.3) is 5.91 Å². The van der Waals surface area contributed by atoms with Gasteiger partial charge in [-0.25, -0.2) is 0 Å². The quantitative estimate of drug-likeness (QED) is 0.729. The number of amides is 2. The van der Waals surface area contributed by atoms with Crippen molar-refractivity contribution in [2.24, 2.45) is 0 Å². The zero-order chi connectivity index (χ0) is 24.2. The summed E-state index contributed by atoms with van der Waals surface area (Å²) in [4.78, 5) is 30.0. The zero-order valence-corrected chi connectivity index (χ0v) is 20.3. The number of ether oxygens (including phenoxy) is 3. The predicted octanol–water partition coefficient (Wildman–Crippen LogP) is 2.54. The maximum Gasteiger partial charge on any atom is 0.257 e. The number of benzene rings is 2. The minimum absolute atomic E-state index is 0.0844. The normalized spacial score (nSPS) is 20.7. The number of fused-ring (bicyclic) bond motifs is 8. The third kappa shape index (κ3) is 5.22. The number of likely N-dealkylation sites (tertiary alicyclic amines) is 1. The van der Waals surface area contributed by atoms with E-state index in [0.717, 1.165) is 48.4 Å². The van der Waals surface area contributed by atoms with Crippen LogP contribution in [0.2, 0.25) is 0 Å². The lowest BCUT2D eigenvalue weighted by molar-refractivity contribution is -0.134. The first-order valence-electron chi connectivity index (χ1n) is 12.5. The fourth-order valence-corrected chi connectivity index (χ4v) is 5.21. The monoisotopic (exact) mass is 479 g/mol. The van der Waals surface area contributed by atoms with E-state index in [9.17, 15) is 9.59 Å². The van der Waals surface area contributed by atoms with Crippen LogP contribution in [-0.4, -0.2) is 74.7 Å². The Bertz CT molecular complexity index is 1080. The number of carbonyl (C=O) groups excluding carboxylic acids is 2. The van der Waals surface area contributed by atoms with Gasteiger partial charge < -0.3 is 24.4 Å². The molecule has 8 nitrogen and oxygen atoms in total. The van der Waals surface area contributed by atoms with Gasteiger partial charge in [0.15, 0.2) is 18.1 Å². The SMILES string of the molecule is COc1cc2c3cc1OCC(=O)NCCCOc1cccc(c1)C2N(C(=O)CN1CCCC1)CC3. The van der Waals surface area contributed by atoms with Gasteiger partial charge in [-0.2, -0.15) is 0 Å². The number of rotatable bonds is 3. The highest BCUT2D eigenvalue weighted by Gasteiger charge is 2.34. The molecule has 1 N–H and O–H groups in total. The number of carbonyl (C=O) groups is 2. The van der Waals surface area contributed by atoms with Crippen LogP contribution < -0.4 is 19.5 Å². The van der Waals surface area contributed by atoms with Crippen molar-refractivity contribution in [2.75, 3.05) is 53.0 Å². The summed E-state index contributed by atoms with van der Waals surface area (Å²) in [5.74, 6) is 1.80. The fraction of sp³-hybridized carbons (Fsp3) is 0.481. The van der Waals surface area contributed by atoms with E-state index >= 15 is 0 Å². The van der Waals surface area contributed by atoms with Crippen LogP contribution in [-0.2, 0) is 16.0 Å². The maximum atomic E-state index is 13.6. The van der Waals surface area contributed by atoms with Gasteiger partial charge in [0.05, 0.1) is 26.3 Å². The highest BCUT2D eigenvalue weighted by molar-refractivity contribution is 5.80. The standard InChI is InChI=1S/C27H33N3O5/c1-33-23-16-22-19-8-12-30(26(32)17-29-10-2-3-11-29)27(22)20-6-4-7-21(14-20)34-13-5-9-28-25(31)18-35-24(23)15-19/h4,6-7,14-16,27H,2-3,5,8-13,17-18H2,1H3,(H,28,31). The third-order valence-corrected chi connectivity index (χ3v) is 6.98. The summed E-state index contributed by atoms with van der Waals surface area (Å²) in [6.45, 7) is 3.92. The van der Waals surface area contributed by atoms with E-state index in [1.807, 2.05) is 35.2 Å². The molecule has 35 heavy (non-hydrogen) atoms. The Labute approximate surface area is 206 Å². The van der Waals surface area contributed by atoms with E-state index in [4.69, 9.17) is 14.2 Å². The van der Waals surface area contributed by atoms with E-state index in [0.29, 0.717) is 50.6 Å². The van der Waals surface area contributed by atoms with Gasteiger partial charge in [0.2, 0.25) is 5.91 Å². The summed E-state index contributed by atoms with van der Waals surface area (Å²) in [5.41, 5.74) is 3.12. The molecule has 4 heterocycles. The molecule has 0 radical (unpaired) electrons. The van der Waals surface area contributed by atoms with Crippen molar-refractivity contribution < 1.29 is 23.8 Å². The second-order valence-electron chi connectivity index (χ2n) is 9.34. The highest BCUT2D eigenvalue weighted by Crippen LogP contribution is 2.42. The van der Waals surface area contributed by atoms with E-state index < -0.39 is 0 Å². The van der Waals surface area contributed by atoms with Gasteiger partial charge in [0.1, 0.15) is 5.75 Å². The summed E-state index contributed by atoms with van der Waals surface area (Å²) in [6.07, 6.45) is 3.69.